The number of hydrogen-bond acceptors (Lipinski definition) is 3. The Bertz CT molecular complexity index is 657. The van der Waals surface area contributed by atoms with Gasteiger partial charge < -0.3 is 4.89 Å². The molecule has 126 valence electrons. The Hall–Kier alpha value is -1.68. The Kier molecular flexibility index (Phi) is 4.67. The van der Waals surface area contributed by atoms with Crippen LogP contribution >= 0.6 is 0 Å². The lowest BCUT2D eigenvalue weighted by Crippen LogP contribution is -2.34. The predicted molar refractivity (Wildman–Crippen MR) is 89.4 cm³/mol. The predicted octanol–water partition coefficient (Wildman–Crippen LogP) is 5.18. The van der Waals surface area contributed by atoms with E-state index in [0.717, 1.165) is 24.0 Å². The molecule has 2 rings (SSSR count). The van der Waals surface area contributed by atoms with Crippen LogP contribution in [0.5, 0.6) is 5.75 Å². The third-order valence-electron chi connectivity index (χ3n) is 5.12. The quantitative estimate of drug-likeness (QED) is 0.360. The molecule has 0 saturated carbocycles. The van der Waals surface area contributed by atoms with Gasteiger partial charge in [0.2, 0.25) is 0 Å². The molecule has 0 bridgehead atoms. The summed E-state index contributed by atoms with van der Waals surface area (Å²) in [5.41, 5.74) is 2.83. The van der Waals surface area contributed by atoms with Crippen LogP contribution in [0.3, 0.4) is 0 Å². The molecule has 1 aromatic rings. The zero-order valence-electron chi connectivity index (χ0n) is 14.5. The number of rotatable bonds is 4. The molecule has 0 atom stereocenters. The van der Waals surface area contributed by atoms with Crippen molar-refractivity contribution < 1.29 is 19.3 Å². The standard InChI is InChI=1S/C19H25FO3/c1-6-12(16(20)11-21)13-9-14-15(10-17(13)23-22)19(4,5)8-7-18(14,2)3/h9-11,22H,6-8H2,1-5H3/b16-12+. The topological polar surface area (TPSA) is 46.5 Å². The first-order valence-corrected chi connectivity index (χ1v) is 8.02. The zero-order valence-corrected chi connectivity index (χ0v) is 14.5. The average molecular weight is 320 g/mol. The highest BCUT2D eigenvalue weighted by Gasteiger charge is 2.38. The summed E-state index contributed by atoms with van der Waals surface area (Å²) in [6.45, 7) is 10.4. The second-order valence-electron chi connectivity index (χ2n) is 7.55. The van der Waals surface area contributed by atoms with Crippen LogP contribution in [0.4, 0.5) is 4.39 Å². The van der Waals surface area contributed by atoms with E-state index in [1.165, 1.54) is 0 Å². The van der Waals surface area contributed by atoms with Crippen LogP contribution in [0.1, 0.15) is 70.6 Å². The first kappa shape index (κ1) is 17.7. The molecule has 1 aromatic carbocycles. The van der Waals surface area contributed by atoms with Crippen molar-refractivity contribution >= 4 is 11.9 Å². The van der Waals surface area contributed by atoms with Crippen molar-refractivity contribution in [2.45, 2.75) is 64.7 Å². The number of fused-ring (bicyclic) bond motifs is 1. The van der Waals surface area contributed by atoms with Gasteiger partial charge in [0.15, 0.2) is 17.9 Å². The van der Waals surface area contributed by atoms with Crippen LogP contribution in [0.25, 0.3) is 5.57 Å². The highest BCUT2D eigenvalue weighted by Crippen LogP contribution is 2.48. The summed E-state index contributed by atoms with van der Waals surface area (Å²) < 4.78 is 13.9. The molecule has 0 heterocycles. The summed E-state index contributed by atoms with van der Waals surface area (Å²) in [6.07, 6.45) is 2.58. The van der Waals surface area contributed by atoms with E-state index in [0.29, 0.717) is 12.0 Å². The highest BCUT2D eigenvalue weighted by atomic mass is 19.1. The minimum absolute atomic E-state index is 0.0457. The van der Waals surface area contributed by atoms with E-state index in [-0.39, 0.29) is 28.4 Å². The van der Waals surface area contributed by atoms with Crippen molar-refractivity contribution in [3.05, 3.63) is 34.6 Å². The molecule has 4 heteroatoms. The highest BCUT2D eigenvalue weighted by molar-refractivity contribution is 5.87. The van der Waals surface area contributed by atoms with Crippen LogP contribution in [-0.2, 0) is 15.6 Å². The largest absolute Gasteiger partial charge is 0.340 e. The van der Waals surface area contributed by atoms with Gasteiger partial charge in [-0.15, -0.1) is 0 Å². The molecule has 0 amide bonds. The third kappa shape index (κ3) is 3.05. The summed E-state index contributed by atoms with van der Waals surface area (Å²) in [5, 5.41) is 9.29. The Morgan fingerprint density at radius 3 is 2.17 bits per heavy atom. The van der Waals surface area contributed by atoms with Gasteiger partial charge >= 0.3 is 0 Å². The minimum atomic E-state index is -0.821. The normalized spacial score (nSPS) is 19.6. The lowest BCUT2D eigenvalue weighted by atomic mass is 9.62. The number of benzene rings is 1. The van der Waals surface area contributed by atoms with Gasteiger partial charge in [0.1, 0.15) is 0 Å². The maximum Gasteiger partial charge on any atom is 0.178 e. The third-order valence-corrected chi connectivity index (χ3v) is 5.12. The minimum Gasteiger partial charge on any atom is -0.340 e. The molecule has 1 N–H and O–H groups in total. The van der Waals surface area contributed by atoms with E-state index in [4.69, 9.17) is 0 Å². The van der Waals surface area contributed by atoms with E-state index < -0.39 is 5.83 Å². The Balaban J connectivity index is 2.80. The van der Waals surface area contributed by atoms with Crippen LogP contribution in [0.15, 0.2) is 18.0 Å². The fourth-order valence-corrected chi connectivity index (χ4v) is 3.46. The van der Waals surface area contributed by atoms with Gasteiger partial charge in [0.25, 0.3) is 0 Å². The number of hydrogen-bond donors (Lipinski definition) is 1. The molecule has 0 spiro atoms. The van der Waals surface area contributed by atoms with Crippen molar-refractivity contribution in [2.75, 3.05) is 0 Å². The van der Waals surface area contributed by atoms with Crippen LogP contribution < -0.4 is 4.89 Å². The van der Waals surface area contributed by atoms with Crippen LogP contribution in [0, 0.1) is 0 Å². The second-order valence-corrected chi connectivity index (χ2v) is 7.55. The number of carbonyl (C=O) groups excluding carboxylic acids is 1. The van der Waals surface area contributed by atoms with E-state index in [2.05, 4.69) is 32.6 Å². The fourth-order valence-electron chi connectivity index (χ4n) is 3.46. The SMILES string of the molecule is CC/C(=C(\F)C=O)c1cc2c(cc1OO)C(C)(C)CCC2(C)C. The first-order valence-electron chi connectivity index (χ1n) is 8.02. The Morgan fingerprint density at radius 1 is 1.22 bits per heavy atom. The summed E-state index contributed by atoms with van der Waals surface area (Å²) in [4.78, 5) is 15.4. The van der Waals surface area contributed by atoms with Crippen molar-refractivity contribution in [2.24, 2.45) is 0 Å². The van der Waals surface area contributed by atoms with E-state index >= 15 is 0 Å². The van der Waals surface area contributed by atoms with E-state index in [1.54, 1.807) is 13.0 Å². The maximum absolute atomic E-state index is 13.9. The zero-order chi connectivity index (χ0) is 17.4. The molecule has 0 aliphatic heterocycles. The number of aldehydes is 1. The van der Waals surface area contributed by atoms with Gasteiger partial charge in [-0.05, 0) is 53.4 Å². The van der Waals surface area contributed by atoms with Gasteiger partial charge in [-0.25, -0.2) is 9.65 Å². The molecular weight excluding hydrogens is 295 g/mol. The molecule has 23 heavy (non-hydrogen) atoms. The molecule has 0 fully saturated rings. The van der Waals surface area contributed by atoms with Crippen molar-refractivity contribution in [3.63, 3.8) is 0 Å². The molecule has 1 aliphatic carbocycles. The average Bonchev–Trinajstić information content (AvgIpc) is 2.52. The lowest BCUT2D eigenvalue weighted by molar-refractivity contribution is -0.138. The van der Waals surface area contributed by atoms with Crippen LogP contribution in [-0.4, -0.2) is 11.5 Å². The van der Waals surface area contributed by atoms with Crippen molar-refractivity contribution in [1.29, 1.82) is 0 Å². The van der Waals surface area contributed by atoms with E-state index in [1.807, 2.05) is 6.07 Å². The number of carbonyl (C=O) groups is 1. The molecule has 3 nitrogen and oxygen atoms in total. The van der Waals surface area contributed by atoms with Crippen molar-refractivity contribution in [3.8, 4) is 5.75 Å². The maximum atomic E-state index is 13.9. The molecular formula is C19H25FO3. The molecule has 0 unspecified atom stereocenters. The molecule has 0 aromatic heterocycles. The number of allylic oxidation sites excluding steroid dienone is 2. The first-order chi connectivity index (χ1) is 10.7. The second kappa shape index (κ2) is 6.08. The van der Waals surface area contributed by atoms with Gasteiger partial charge in [0, 0.05) is 11.1 Å². The molecule has 0 radical (unpaired) electrons. The van der Waals surface area contributed by atoms with E-state index in [9.17, 15) is 14.4 Å². The smallest absolute Gasteiger partial charge is 0.178 e. The number of halogens is 1. The Labute approximate surface area is 137 Å². The molecule has 1 aliphatic rings. The van der Waals surface area contributed by atoms with Crippen LogP contribution in [0.2, 0.25) is 0 Å². The van der Waals surface area contributed by atoms with Gasteiger partial charge in [0.05, 0.1) is 0 Å². The van der Waals surface area contributed by atoms with Gasteiger partial charge in [-0.2, -0.15) is 0 Å². The van der Waals surface area contributed by atoms with Gasteiger partial charge in [-0.3, -0.25) is 4.79 Å². The molecule has 0 saturated heterocycles. The van der Waals surface area contributed by atoms with Gasteiger partial charge in [-0.1, -0.05) is 34.6 Å². The summed E-state index contributed by atoms with van der Waals surface area (Å²) >= 11 is 0. The summed E-state index contributed by atoms with van der Waals surface area (Å²) in [7, 11) is 0. The fraction of sp³-hybridized carbons (Fsp3) is 0.526. The summed E-state index contributed by atoms with van der Waals surface area (Å²) in [5.74, 6) is -0.623. The summed E-state index contributed by atoms with van der Waals surface area (Å²) in [6, 6.07) is 3.67. The monoisotopic (exact) mass is 320 g/mol. The van der Waals surface area contributed by atoms with Crippen molar-refractivity contribution in [1.82, 2.24) is 0 Å². The Morgan fingerprint density at radius 2 is 1.74 bits per heavy atom. The lowest BCUT2D eigenvalue weighted by Gasteiger charge is -2.42.